The normalized spacial score (nSPS) is 10.7. The topological polar surface area (TPSA) is 57.4 Å². The molecule has 0 fully saturated rings. The molecule has 1 aromatic heterocycles. The minimum atomic E-state index is 0.426. The van der Waals surface area contributed by atoms with Crippen LogP contribution in [0.15, 0.2) is 71.3 Å². The van der Waals surface area contributed by atoms with Crippen molar-refractivity contribution in [2.75, 3.05) is 7.11 Å². The summed E-state index contributed by atoms with van der Waals surface area (Å²) in [6.07, 6.45) is 0. The van der Waals surface area contributed by atoms with E-state index in [0.29, 0.717) is 34.8 Å². The van der Waals surface area contributed by atoms with Gasteiger partial charge in [-0.25, -0.2) is 0 Å². The average Bonchev–Trinajstić information content (AvgIpc) is 3.24. The number of nitrogens with zero attached hydrogens (tertiary/aromatic N) is 2. The smallest absolute Gasteiger partial charge is 0.258 e. The first-order chi connectivity index (χ1) is 14.1. The van der Waals surface area contributed by atoms with Crippen LogP contribution < -0.4 is 9.47 Å². The standard InChI is InChI=1S/C23H19ClN2O3/c1-15-5-3-4-6-18(15)14-28-20-12-9-17(13-21(20)27-2)22-25-23(29-26-22)16-7-10-19(24)11-8-16/h3-13H,14H2,1-2H3. The number of aromatic nitrogens is 2. The quantitative estimate of drug-likeness (QED) is 0.395. The van der Waals surface area contributed by atoms with E-state index in [1.54, 1.807) is 19.2 Å². The zero-order valence-corrected chi connectivity index (χ0v) is 16.8. The minimum absolute atomic E-state index is 0.426. The Morgan fingerprint density at radius 2 is 1.69 bits per heavy atom. The van der Waals surface area contributed by atoms with Gasteiger partial charge in [0, 0.05) is 16.1 Å². The molecule has 0 radical (unpaired) electrons. The van der Waals surface area contributed by atoms with Gasteiger partial charge in [0.15, 0.2) is 11.5 Å². The van der Waals surface area contributed by atoms with E-state index in [9.17, 15) is 0 Å². The van der Waals surface area contributed by atoms with Gasteiger partial charge in [-0.3, -0.25) is 0 Å². The van der Waals surface area contributed by atoms with Crippen LogP contribution in [0.1, 0.15) is 11.1 Å². The Morgan fingerprint density at radius 1 is 0.931 bits per heavy atom. The van der Waals surface area contributed by atoms with Crippen molar-refractivity contribution in [3.63, 3.8) is 0 Å². The summed E-state index contributed by atoms with van der Waals surface area (Å²) in [4.78, 5) is 4.47. The Morgan fingerprint density at radius 3 is 2.45 bits per heavy atom. The monoisotopic (exact) mass is 406 g/mol. The maximum Gasteiger partial charge on any atom is 0.258 e. The molecule has 0 aliphatic carbocycles. The second kappa shape index (κ2) is 8.37. The Kier molecular flexibility index (Phi) is 5.49. The Bertz CT molecular complexity index is 1120. The van der Waals surface area contributed by atoms with Gasteiger partial charge in [-0.05, 0) is 60.5 Å². The van der Waals surface area contributed by atoms with Crippen molar-refractivity contribution in [2.45, 2.75) is 13.5 Å². The number of hydrogen-bond donors (Lipinski definition) is 0. The largest absolute Gasteiger partial charge is 0.493 e. The summed E-state index contributed by atoms with van der Waals surface area (Å²) < 4.78 is 16.9. The molecule has 4 aromatic rings. The second-order valence-electron chi connectivity index (χ2n) is 6.51. The van der Waals surface area contributed by atoms with Crippen LogP contribution in [-0.2, 0) is 6.61 Å². The predicted molar refractivity (Wildman–Crippen MR) is 112 cm³/mol. The molecule has 0 aliphatic heterocycles. The number of hydrogen-bond acceptors (Lipinski definition) is 5. The first-order valence-corrected chi connectivity index (χ1v) is 9.47. The van der Waals surface area contributed by atoms with Crippen molar-refractivity contribution in [3.05, 3.63) is 82.9 Å². The molecule has 6 heteroatoms. The lowest BCUT2D eigenvalue weighted by molar-refractivity contribution is 0.284. The first kappa shape index (κ1) is 19.0. The number of benzene rings is 3. The number of methoxy groups -OCH3 is 1. The fourth-order valence-electron chi connectivity index (χ4n) is 2.90. The molecule has 0 N–H and O–H groups in total. The Labute approximate surface area is 173 Å². The zero-order chi connectivity index (χ0) is 20.2. The third-order valence-electron chi connectivity index (χ3n) is 4.58. The van der Waals surface area contributed by atoms with Gasteiger partial charge in [0.25, 0.3) is 5.89 Å². The van der Waals surface area contributed by atoms with E-state index < -0.39 is 0 Å². The van der Waals surface area contributed by atoms with E-state index in [1.165, 1.54) is 5.56 Å². The van der Waals surface area contributed by atoms with E-state index >= 15 is 0 Å². The number of rotatable bonds is 6. The van der Waals surface area contributed by atoms with Gasteiger partial charge in [0.1, 0.15) is 6.61 Å². The van der Waals surface area contributed by atoms with E-state index in [2.05, 4.69) is 23.1 Å². The summed E-state index contributed by atoms with van der Waals surface area (Å²) in [5.41, 5.74) is 3.89. The van der Waals surface area contributed by atoms with Crippen LogP contribution in [0.5, 0.6) is 11.5 Å². The first-order valence-electron chi connectivity index (χ1n) is 9.09. The highest BCUT2D eigenvalue weighted by atomic mass is 35.5. The van der Waals surface area contributed by atoms with Gasteiger partial charge in [-0.1, -0.05) is 41.0 Å². The molecule has 1 heterocycles. The summed E-state index contributed by atoms with van der Waals surface area (Å²) in [6.45, 7) is 2.53. The Balaban J connectivity index is 1.55. The molecule has 146 valence electrons. The lowest BCUT2D eigenvalue weighted by Crippen LogP contribution is -1.99. The predicted octanol–water partition coefficient (Wildman–Crippen LogP) is 5.95. The number of halogens is 1. The molecule has 29 heavy (non-hydrogen) atoms. The summed E-state index contributed by atoms with van der Waals surface area (Å²) in [5.74, 6) is 2.16. The third kappa shape index (κ3) is 4.25. The summed E-state index contributed by atoms with van der Waals surface area (Å²) in [7, 11) is 1.61. The van der Waals surface area contributed by atoms with Crippen LogP contribution in [0.3, 0.4) is 0 Å². The molecule has 3 aromatic carbocycles. The van der Waals surface area contributed by atoms with E-state index in [4.69, 9.17) is 25.6 Å². The van der Waals surface area contributed by atoms with Crippen LogP contribution >= 0.6 is 11.6 Å². The lowest BCUT2D eigenvalue weighted by Gasteiger charge is -2.12. The van der Waals surface area contributed by atoms with Crippen molar-refractivity contribution >= 4 is 11.6 Å². The molecular weight excluding hydrogens is 388 g/mol. The minimum Gasteiger partial charge on any atom is -0.493 e. The van der Waals surface area contributed by atoms with Gasteiger partial charge in [-0.2, -0.15) is 4.98 Å². The second-order valence-corrected chi connectivity index (χ2v) is 6.95. The number of ether oxygens (including phenoxy) is 2. The SMILES string of the molecule is COc1cc(-c2noc(-c3ccc(Cl)cc3)n2)ccc1OCc1ccccc1C. The molecule has 0 spiro atoms. The van der Waals surface area contributed by atoms with Crippen molar-refractivity contribution in [2.24, 2.45) is 0 Å². The number of aryl methyl sites for hydroxylation is 1. The van der Waals surface area contributed by atoms with Gasteiger partial charge in [0.2, 0.25) is 5.82 Å². The van der Waals surface area contributed by atoms with Crippen LogP contribution in [0, 0.1) is 6.92 Å². The molecule has 0 saturated carbocycles. The average molecular weight is 407 g/mol. The van der Waals surface area contributed by atoms with Gasteiger partial charge in [-0.15, -0.1) is 0 Å². The van der Waals surface area contributed by atoms with Crippen molar-refractivity contribution in [3.8, 4) is 34.3 Å². The van der Waals surface area contributed by atoms with Crippen LogP contribution in [0.2, 0.25) is 5.02 Å². The van der Waals surface area contributed by atoms with Crippen LogP contribution in [0.25, 0.3) is 22.8 Å². The molecule has 0 unspecified atom stereocenters. The van der Waals surface area contributed by atoms with Crippen LogP contribution in [0.4, 0.5) is 0 Å². The molecule has 0 amide bonds. The molecular formula is C23H19ClN2O3. The fraction of sp³-hybridized carbons (Fsp3) is 0.130. The maximum atomic E-state index is 5.97. The van der Waals surface area contributed by atoms with E-state index in [-0.39, 0.29) is 0 Å². The van der Waals surface area contributed by atoms with Gasteiger partial charge in [0.05, 0.1) is 7.11 Å². The van der Waals surface area contributed by atoms with Crippen molar-refractivity contribution in [1.29, 1.82) is 0 Å². The van der Waals surface area contributed by atoms with Crippen molar-refractivity contribution < 1.29 is 14.0 Å². The third-order valence-corrected chi connectivity index (χ3v) is 4.84. The van der Waals surface area contributed by atoms with Gasteiger partial charge < -0.3 is 14.0 Å². The highest BCUT2D eigenvalue weighted by Gasteiger charge is 2.14. The summed E-state index contributed by atoms with van der Waals surface area (Å²) >= 11 is 5.93. The highest BCUT2D eigenvalue weighted by molar-refractivity contribution is 6.30. The zero-order valence-electron chi connectivity index (χ0n) is 16.1. The maximum absolute atomic E-state index is 5.97. The Hall–Kier alpha value is -3.31. The van der Waals surface area contributed by atoms with E-state index in [1.807, 2.05) is 48.5 Å². The molecule has 0 atom stereocenters. The van der Waals surface area contributed by atoms with Crippen LogP contribution in [-0.4, -0.2) is 17.3 Å². The van der Waals surface area contributed by atoms with Gasteiger partial charge >= 0.3 is 0 Å². The molecule has 0 bridgehead atoms. The molecule has 0 aliphatic rings. The van der Waals surface area contributed by atoms with Crippen molar-refractivity contribution in [1.82, 2.24) is 10.1 Å². The molecule has 4 rings (SSSR count). The summed E-state index contributed by atoms with van der Waals surface area (Å²) in [6, 6.07) is 20.9. The lowest BCUT2D eigenvalue weighted by atomic mass is 10.1. The van der Waals surface area contributed by atoms with E-state index in [0.717, 1.165) is 16.7 Å². The molecule has 5 nitrogen and oxygen atoms in total. The summed E-state index contributed by atoms with van der Waals surface area (Å²) in [5, 5.41) is 4.73. The highest BCUT2D eigenvalue weighted by Crippen LogP contribution is 2.33. The fourth-order valence-corrected chi connectivity index (χ4v) is 3.03. The molecule has 0 saturated heterocycles.